The van der Waals surface area contributed by atoms with Gasteiger partial charge in [-0.25, -0.2) is 13.4 Å². The van der Waals surface area contributed by atoms with Crippen LogP contribution in [0.15, 0.2) is 71.9 Å². The number of anilines is 1. The van der Waals surface area contributed by atoms with Crippen LogP contribution in [-0.4, -0.2) is 48.8 Å². The molecule has 8 nitrogen and oxygen atoms in total. The minimum absolute atomic E-state index is 0.196. The summed E-state index contributed by atoms with van der Waals surface area (Å²) in [5.41, 5.74) is 1.97. The molecular formula is C28H30N4O4S2. The number of thiazole rings is 1. The Bertz CT molecular complexity index is 1530. The van der Waals surface area contributed by atoms with Crippen molar-refractivity contribution in [3.8, 4) is 5.75 Å². The summed E-state index contributed by atoms with van der Waals surface area (Å²) >= 11 is 1.41. The molecule has 2 unspecified atom stereocenters. The van der Waals surface area contributed by atoms with Gasteiger partial charge < -0.3 is 4.74 Å². The van der Waals surface area contributed by atoms with Crippen LogP contribution in [0.25, 0.3) is 10.2 Å². The van der Waals surface area contributed by atoms with E-state index in [2.05, 4.69) is 18.8 Å². The first kappa shape index (κ1) is 26.3. The Hall–Kier alpha value is -3.34. The third-order valence-corrected chi connectivity index (χ3v) is 9.60. The van der Waals surface area contributed by atoms with Crippen LogP contribution in [0.3, 0.4) is 0 Å². The Morgan fingerprint density at radius 2 is 1.84 bits per heavy atom. The molecule has 1 aliphatic rings. The number of sulfonamides is 1. The molecule has 38 heavy (non-hydrogen) atoms. The summed E-state index contributed by atoms with van der Waals surface area (Å²) in [5.74, 6) is 1.03. The Kier molecular flexibility index (Phi) is 7.47. The van der Waals surface area contributed by atoms with Crippen LogP contribution in [0.4, 0.5) is 5.13 Å². The summed E-state index contributed by atoms with van der Waals surface area (Å²) in [6.07, 6.45) is 4.42. The Labute approximate surface area is 227 Å². The van der Waals surface area contributed by atoms with Crippen molar-refractivity contribution >= 4 is 42.6 Å². The number of piperidine rings is 1. The number of pyridine rings is 1. The van der Waals surface area contributed by atoms with Crippen LogP contribution >= 0.6 is 11.3 Å². The van der Waals surface area contributed by atoms with E-state index in [1.54, 1.807) is 40.8 Å². The first-order chi connectivity index (χ1) is 18.2. The van der Waals surface area contributed by atoms with Gasteiger partial charge in [0.2, 0.25) is 10.0 Å². The molecule has 2 aromatic carbocycles. The lowest BCUT2D eigenvalue weighted by Crippen LogP contribution is -2.42. The third kappa shape index (κ3) is 5.43. The second-order valence-electron chi connectivity index (χ2n) is 9.88. The topological polar surface area (TPSA) is 92.7 Å². The van der Waals surface area contributed by atoms with E-state index in [0.29, 0.717) is 41.4 Å². The van der Waals surface area contributed by atoms with Crippen LogP contribution < -0.4 is 9.64 Å². The van der Waals surface area contributed by atoms with E-state index in [4.69, 9.17) is 9.72 Å². The highest BCUT2D eigenvalue weighted by atomic mass is 32.2. The van der Waals surface area contributed by atoms with Gasteiger partial charge in [-0.2, -0.15) is 4.31 Å². The molecule has 2 atom stereocenters. The predicted molar refractivity (Wildman–Crippen MR) is 149 cm³/mol. The molecule has 0 bridgehead atoms. The lowest BCUT2D eigenvalue weighted by molar-refractivity contribution is 0.0985. The van der Waals surface area contributed by atoms with Crippen molar-refractivity contribution in [2.24, 2.45) is 11.8 Å². The molecule has 0 radical (unpaired) electrons. The van der Waals surface area contributed by atoms with Gasteiger partial charge in [-0.3, -0.25) is 14.7 Å². The molecule has 0 aliphatic carbocycles. The first-order valence-corrected chi connectivity index (χ1v) is 14.8. The predicted octanol–water partition coefficient (Wildman–Crippen LogP) is 5.21. The summed E-state index contributed by atoms with van der Waals surface area (Å²) in [4.78, 5) is 24.5. The van der Waals surface area contributed by atoms with E-state index in [0.717, 1.165) is 22.2 Å². The molecular weight excluding hydrogens is 520 g/mol. The van der Waals surface area contributed by atoms with Gasteiger partial charge in [0.25, 0.3) is 5.91 Å². The zero-order chi connectivity index (χ0) is 26.9. The molecule has 1 fully saturated rings. The van der Waals surface area contributed by atoms with Crippen LogP contribution in [0, 0.1) is 11.8 Å². The summed E-state index contributed by atoms with van der Waals surface area (Å²) in [7, 11) is -2.04. The minimum Gasteiger partial charge on any atom is -0.497 e. The van der Waals surface area contributed by atoms with Gasteiger partial charge in [-0.1, -0.05) is 31.3 Å². The highest BCUT2D eigenvalue weighted by Crippen LogP contribution is 2.33. The third-order valence-electron chi connectivity index (χ3n) is 6.70. The molecule has 5 rings (SSSR count). The number of fused-ring (bicyclic) bond motifs is 1. The normalized spacial score (nSPS) is 18.4. The fourth-order valence-electron chi connectivity index (χ4n) is 4.91. The van der Waals surface area contributed by atoms with Crippen molar-refractivity contribution < 1.29 is 17.9 Å². The first-order valence-electron chi connectivity index (χ1n) is 12.5. The molecule has 10 heteroatoms. The molecule has 0 N–H and O–H groups in total. The van der Waals surface area contributed by atoms with Crippen LogP contribution in [0.5, 0.6) is 5.75 Å². The highest BCUT2D eigenvalue weighted by Gasteiger charge is 2.32. The SMILES string of the molecule is COc1ccc2sc(N(Cc3cccnc3)C(=O)c3ccc(S(=O)(=O)N4CC(C)CC(C)C4)cc3)nc2c1. The van der Waals surface area contributed by atoms with Crippen molar-refractivity contribution in [1.82, 2.24) is 14.3 Å². The van der Waals surface area contributed by atoms with Crippen LogP contribution in [-0.2, 0) is 16.6 Å². The maximum absolute atomic E-state index is 13.8. The van der Waals surface area contributed by atoms with Crippen LogP contribution in [0.1, 0.15) is 36.2 Å². The standard InChI is InChI=1S/C28H30N4O4S2/c1-19-13-20(2)17-31(16-19)38(34,35)24-9-6-22(7-10-24)27(33)32(18-21-5-4-12-29-15-21)28-30-25-14-23(36-3)8-11-26(25)37-28/h4-12,14-15,19-20H,13,16-18H2,1-3H3. The number of carbonyl (C=O) groups is 1. The Balaban J connectivity index is 1.45. The summed E-state index contributed by atoms with van der Waals surface area (Å²) in [5, 5.41) is 0.537. The molecule has 3 heterocycles. The monoisotopic (exact) mass is 550 g/mol. The minimum atomic E-state index is -3.64. The van der Waals surface area contributed by atoms with Crippen molar-refractivity contribution in [3.05, 3.63) is 78.1 Å². The number of benzene rings is 2. The van der Waals surface area contributed by atoms with Gasteiger partial charge in [0.05, 0.1) is 28.8 Å². The maximum atomic E-state index is 13.8. The number of ether oxygens (including phenoxy) is 1. The average molecular weight is 551 g/mol. The lowest BCUT2D eigenvalue weighted by Gasteiger charge is -2.34. The average Bonchev–Trinajstić information content (AvgIpc) is 3.34. The number of nitrogens with zero attached hydrogens (tertiary/aromatic N) is 4. The molecule has 1 saturated heterocycles. The molecule has 0 spiro atoms. The number of hydrogen-bond donors (Lipinski definition) is 0. The summed E-state index contributed by atoms with van der Waals surface area (Å²) in [6, 6.07) is 15.6. The van der Waals surface area contributed by atoms with E-state index >= 15 is 0 Å². The molecule has 198 valence electrons. The summed E-state index contributed by atoms with van der Waals surface area (Å²) < 4.78 is 34.4. The number of aromatic nitrogens is 2. The molecule has 4 aromatic rings. The smallest absolute Gasteiger partial charge is 0.260 e. The van der Waals surface area contributed by atoms with Gasteiger partial charge in [-0.15, -0.1) is 0 Å². The fourth-order valence-corrected chi connectivity index (χ4v) is 7.54. The number of carbonyl (C=O) groups excluding carboxylic acids is 1. The second kappa shape index (κ2) is 10.8. The second-order valence-corrected chi connectivity index (χ2v) is 12.8. The zero-order valence-electron chi connectivity index (χ0n) is 21.6. The fraction of sp³-hybridized carbons (Fsp3) is 0.321. The quantitative estimate of drug-likeness (QED) is 0.314. The van der Waals surface area contributed by atoms with Gasteiger partial charge in [0.1, 0.15) is 5.75 Å². The molecule has 2 aromatic heterocycles. The van der Waals surface area contributed by atoms with Crippen molar-refractivity contribution in [2.75, 3.05) is 25.1 Å². The van der Waals surface area contributed by atoms with Crippen LogP contribution in [0.2, 0.25) is 0 Å². The summed E-state index contributed by atoms with van der Waals surface area (Å²) in [6.45, 7) is 5.44. The van der Waals surface area contributed by atoms with E-state index in [9.17, 15) is 13.2 Å². The number of amides is 1. The van der Waals surface area contributed by atoms with E-state index in [1.165, 1.54) is 23.5 Å². The van der Waals surface area contributed by atoms with Gasteiger partial charge >= 0.3 is 0 Å². The van der Waals surface area contributed by atoms with Crippen molar-refractivity contribution in [3.63, 3.8) is 0 Å². The number of hydrogen-bond acceptors (Lipinski definition) is 7. The van der Waals surface area contributed by atoms with Gasteiger partial charge in [0.15, 0.2) is 5.13 Å². The molecule has 0 saturated carbocycles. The van der Waals surface area contributed by atoms with Gasteiger partial charge in [0, 0.05) is 37.1 Å². The lowest BCUT2D eigenvalue weighted by atomic mass is 9.94. The largest absolute Gasteiger partial charge is 0.497 e. The zero-order valence-corrected chi connectivity index (χ0v) is 23.2. The Morgan fingerprint density at radius 3 is 2.50 bits per heavy atom. The highest BCUT2D eigenvalue weighted by molar-refractivity contribution is 7.89. The molecule has 1 amide bonds. The van der Waals surface area contributed by atoms with Crippen molar-refractivity contribution in [2.45, 2.75) is 31.7 Å². The van der Waals surface area contributed by atoms with Crippen molar-refractivity contribution in [1.29, 1.82) is 0 Å². The maximum Gasteiger partial charge on any atom is 0.260 e. The molecule has 1 aliphatic heterocycles. The number of rotatable bonds is 7. The van der Waals surface area contributed by atoms with E-state index in [1.807, 2.05) is 30.3 Å². The Morgan fingerprint density at radius 1 is 1.11 bits per heavy atom. The van der Waals surface area contributed by atoms with E-state index < -0.39 is 10.0 Å². The van der Waals surface area contributed by atoms with Gasteiger partial charge in [-0.05, 0) is 66.3 Å². The number of methoxy groups -OCH3 is 1. The van der Waals surface area contributed by atoms with E-state index in [-0.39, 0.29) is 17.3 Å².